The van der Waals surface area contributed by atoms with Crippen molar-refractivity contribution in [3.8, 4) is 0 Å². The summed E-state index contributed by atoms with van der Waals surface area (Å²) in [5.41, 5.74) is 1.01. The lowest BCUT2D eigenvalue weighted by Gasteiger charge is -2.14. The summed E-state index contributed by atoms with van der Waals surface area (Å²) >= 11 is 0. The molecular formula is C11H14O3. The molecule has 76 valence electrons. The summed E-state index contributed by atoms with van der Waals surface area (Å²) in [5.74, 6) is -0.289. The molecule has 1 aromatic rings. The average Bonchev–Trinajstić information content (AvgIpc) is 2.20. The van der Waals surface area contributed by atoms with Gasteiger partial charge in [0.1, 0.15) is 12.7 Å². The van der Waals surface area contributed by atoms with Crippen LogP contribution < -0.4 is 0 Å². The molecule has 1 rings (SSSR count). The van der Waals surface area contributed by atoms with Gasteiger partial charge in [-0.1, -0.05) is 30.3 Å². The first-order chi connectivity index (χ1) is 6.74. The third-order valence-corrected chi connectivity index (χ3v) is 1.89. The van der Waals surface area contributed by atoms with Gasteiger partial charge in [0.05, 0.1) is 0 Å². The number of carbonyl (C=O) groups excluding carboxylic acids is 1. The molecule has 1 unspecified atom stereocenters. The summed E-state index contributed by atoms with van der Waals surface area (Å²) in [6, 6.07) is 9.67. The largest absolute Gasteiger partial charge is 0.463 e. The highest BCUT2D eigenvalue weighted by molar-refractivity contribution is 5.65. The van der Waals surface area contributed by atoms with Crippen LogP contribution in [0.4, 0.5) is 0 Å². The molecule has 1 aromatic carbocycles. The van der Waals surface area contributed by atoms with Crippen LogP contribution in [0.2, 0.25) is 0 Å². The molecule has 0 bridgehead atoms. The maximum absolute atomic E-state index is 10.6. The van der Waals surface area contributed by atoms with Gasteiger partial charge in [-0.05, 0) is 5.56 Å². The topological polar surface area (TPSA) is 35.5 Å². The maximum Gasteiger partial charge on any atom is 0.302 e. The van der Waals surface area contributed by atoms with Gasteiger partial charge in [0.25, 0.3) is 0 Å². The van der Waals surface area contributed by atoms with E-state index < -0.39 is 0 Å². The molecule has 0 fully saturated rings. The zero-order valence-corrected chi connectivity index (χ0v) is 8.40. The van der Waals surface area contributed by atoms with Gasteiger partial charge >= 0.3 is 5.97 Å². The zero-order chi connectivity index (χ0) is 10.4. The van der Waals surface area contributed by atoms with E-state index in [0.29, 0.717) is 0 Å². The highest BCUT2D eigenvalue weighted by Crippen LogP contribution is 2.16. The Bertz CT molecular complexity index is 282. The average molecular weight is 194 g/mol. The first-order valence-electron chi connectivity index (χ1n) is 4.45. The molecule has 1 atom stereocenters. The molecule has 0 aliphatic carbocycles. The van der Waals surface area contributed by atoms with Crippen LogP contribution in [0.5, 0.6) is 0 Å². The zero-order valence-electron chi connectivity index (χ0n) is 8.40. The number of carbonyl (C=O) groups is 1. The smallest absolute Gasteiger partial charge is 0.302 e. The van der Waals surface area contributed by atoms with E-state index in [4.69, 9.17) is 9.47 Å². The minimum atomic E-state index is -0.289. The summed E-state index contributed by atoms with van der Waals surface area (Å²) in [7, 11) is 1.60. The number of rotatable bonds is 4. The quantitative estimate of drug-likeness (QED) is 0.687. The van der Waals surface area contributed by atoms with Crippen molar-refractivity contribution in [2.75, 3.05) is 13.7 Å². The highest BCUT2D eigenvalue weighted by Gasteiger charge is 2.10. The maximum atomic E-state index is 10.6. The monoisotopic (exact) mass is 194 g/mol. The Hall–Kier alpha value is -1.35. The van der Waals surface area contributed by atoms with Crippen molar-refractivity contribution in [3.63, 3.8) is 0 Å². The number of methoxy groups -OCH3 is 1. The van der Waals surface area contributed by atoms with Crippen LogP contribution in [-0.2, 0) is 14.3 Å². The minimum Gasteiger partial charge on any atom is -0.463 e. The van der Waals surface area contributed by atoms with E-state index >= 15 is 0 Å². The molecular weight excluding hydrogens is 180 g/mol. The standard InChI is InChI=1S/C11H14O3/c1-9(12)14-8-11(13-2)10-6-4-3-5-7-10/h3-7,11H,8H2,1-2H3. The Kier molecular flexibility index (Phi) is 4.13. The molecule has 0 aromatic heterocycles. The molecule has 0 spiro atoms. The van der Waals surface area contributed by atoms with E-state index in [2.05, 4.69) is 0 Å². The van der Waals surface area contributed by atoms with E-state index in [-0.39, 0.29) is 18.7 Å². The second kappa shape index (κ2) is 5.40. The normalized spacial score (nSPS) is 12.1. The highest BCUT2D eigenvalue weighted by atomic mass is 16.6. The van der Waals surface area contributed by atoms with Crippen LogP contribution in [0.15, 0.2) is 30.3 Å². The first-order valence-corrected chi connectivity index (χ1v) is 4.45. The van der Waals surface area contributed by atoms with E-state index in [1.807, 2.05) is 30.3 Å². The predicted octanol–water partition coefficient (Wildman–Crippen LogP) is 1.94. The van der Waals surface area contributed by atoms with Gasteiger partial charge < -0.3 is 9.47 Å². The van der Waals surface area contributed by atoms with Gasteiger partial charge in [-0.15, -0.1) is 0 Å². The summed E-state index contributed by atoms with van der Waals surface area (Å²) < 4.78 is 10.1. The number of esters is 1. The molecule has 0 saturated heterocycles. The van der Waals surface area contributed by atoms with Crippen LogP contribution in [-0.4, -0.2) is 19.7 Å². The van der Waals surface area contributed by atoms with E-state index in [1.165, 1.54) is 6.92 Å². The van der Waals surface area contributed by atoms with Gasteiger partial charge in [-0.2, -0.15) is 0 Å². The fourth-order valence-corrected chi connectivity index (χ4v) is 1.16. The molecule has 0 aliphatic heterocycles. The third kappa shape index (κ3) is 3.18. The second-order valence-electron chi connectivity index (χ2n) is 2.94. The molecule has 0 radical (unpaired) electrons. The Morgan fingerprint density at radius 3 is 2.50 bits per heavy atom. The van der Waals surface area contributed by atoms with Crippen molar-refractivity contribution in [3.05, 3.63) is 35.9 Å². The van der Waals surface area contributed by atoms with Crippen LogP contribution in [0.3, 0.4) is 0 Å². The molecule has 3 nitrogen and oxygen atoms in total. The van der Waals surface area contributed by atoms with Gasteiger partial charge in [-0.25, -0.2) is 0 Å². The first kappa shape index (κ1) is 10.7. The van der Waals surface area contributed by atoms with Crippen molar-refractivity contribution in [2.24, 2.45) is 0 Å². The van der Waals surface area contributed by atoms with Gasteiger partial charge in [-0.3, -0.25) is 4.79 Å². The van der Waals surface area contributed by atoms with Gasteiger partial charge in [0.15, 0.2) is 0 Å². The summed E-state index contributed by atoms with van der Waals surface area (Å²) in [5, 5.41) is 0. The summed E-state index contributed by atoms with van der Waals surface area (Å²) in [6.45, 7) is 1.65. The molecule has 0 amide bonds. The van der Waals surface area contributed by atoms with E-state index in [9.17, 15) is 4.79 Å². The Balaban J connectivity index is 2.58. The Morgan fingerprint density at radius 1 is 1.36 bits per heavy atom. The van der Waals surface area contributed by atoms with Crippen LogP contribution in [0, 0.1) is 0 Å². The molecule has 3 heteroatoms. The van der Waals surface area contributed by atoms with Crippen molar-refractivity contribution < 1.29 is 14.3 Å². The lowest BCUT2D eigenvalue weighted by Crippen LogP contribution is -2.12. The summed E-state index contributed by atoms with van der Waals surface area (Å²) in [4.78, 5) is 10.6. The number of ether oxygens (including phenoxy) is 2. The van der Waals surface area contributed by atoms with Crippen molar-refractivity contribution in [1.82, 2.24) is 0 Å². The SMILES string of the molecule is COC(COC(C)=O)c1ccccc1. The third-order valence-electron chi connectivity index (χ3n) is 1.89. The van der Waals surface area contributed by atoms with Gasteiger partial charge in [0, 0.05) is 14.0 Å². The molecule has 0 aliphatic rings. The van der Waals surface area contributed by atoms with Gasteiger partial charge in [0.2, 0.25) is 0 Å². The molecule has 0 saturated carbocycles. The van der Waals surface area contributed by atoms with Crippen LogP contribution in [0.25, 0.3) is 0 Å². The summed E-state index contributed by atoms with van der Waals surface area (Å²) in [6.07, 6.45) is -0.180. The lowest BCUT2D eigenvalue weighted by molar-refractivity contribution is -0.144. The molecule has 14 heavy (non-hydrogen) atoms. The van der Waals surface area contributed by atoms with E-state index in [1.54, 1.807) is 7.11 Å². The van der Waals surface area contributed by atoms with Crippen molar-refractivity contribution >= 4 is 5.97 Å². The fourth-order valence-electron chi connectivity index (χ4n) is 1.16. The Labute approximate surface area is 83.6 Å². The fraction of sp³-hybridized carbons (Fsp3) is 0.364. The van der Waals surface area contributed by atoms with Crippen molar-refractivity contribution in [2.45, 2.75) is 13.0 Å². The lowest BCUT2D eigenvalue weighted by atomic mass is 10.1. The second-order valence-corrected chi connectivity index (χ2v) is 2.94. The number of hydrogen-bond acceptors (Lipinski definition) is 3. The van der Waals surface area contributed by atoms with E-state index in [0.717, 1.165) is 5.56 Å². The van der Waals surface area contributed by atoms with Crippen molar-refractivity contribution in [1.29, 1.82) is 0 Å². The van der Waals surface area contributed by atoms with Crippen LogP contribution in [0.1, 0.15) is 18.6 Å². The predicted molar refractivity (Wildman–Crippen MR) is 52.8 cm³/mol. The minimum absolute atomic E-state index is 0.180. The molecule has 0 N–H and O–H groups in total. The van der Waals surface area contributed by atoms with Crippen LogP contribution >= 0.6 is 0 Å². The number of hydrogen-bond donors (Lipinski definition) is 0. The number of benzene rings is 1. The molecule has 0 heterocycles. The Morgan fingerprint density at radius 2 is 2.00 bits per heavy atom.